The van der Waals surface area contributed by atoms with Crippen molar-refractivity contribution in [3.63, 3.8) is 0 Å². The van der Waals surface area contributed by atoms with Crippen molar-refractivity contribution in [2.75, 3.05) is 13.2 Å². The largest absolute Gasteiger partial charge is 0.379 e. The normalized spacial score (nSPS) is 28.6. The quantitative estimate of drug-likeness (QED) is 0.717. The predicted octanol–water partition coefficient (Wildman–Crippen LogP) is 3.61. The van der Waals surface area contributed by atoms with E-state index in [0.29, 0.717) is 17.6 Å². The molecule has 0 amide bonds. The van der Waals surface area contributed by atoms with Crippen molar-refractivity contribution in [1.29, 1.82) is 0 Å². The highest BCUT2D eigenvalue weighted by atomic mass is 16.5. The number of nitrogens with one attached hydrogen (secondary N) is 1. The Hall–Kier alpha value is -0.0800. The van der Waals surface area contributed by atoms with Gasteiger partial charge in [0.05, 0.1) is 6.10 Å². The second-order valence-electron chi connectivity index (χ2n) is 6.84. The first-order chi connectivity index (χ1) is 7.89. The van der Waals surface area contributed by atoms with E-state index in [4.69, 9.17) is 4.74 Å². The maximum atomic E-state index is 5.55. The van der Waals surface area contributed by atoms with Crippen LogP contribution in [-0.2, 0) is 4.74 Å². The summed E-state index contributed by atoms with van der Waals surface area (Å²) in [6.07, 6.45) is 5.53. The first-order valence-electron chi connectivity index (χ1n) is 7.24. The number of hydrogen-bond donors (Lipinski definition) is 1. The van der Waals surface area contributed by atoms with Crippen LogP contribution in [0, 0.1) is 11.3 Å². The average Bonchev–Trinajstić information content (AvgIpc) is 2.13. The molecular formula is C15H31NO. The van der Waals surface area contributed by atoms with Gasteiger partial charge in [-0.25, -0.2) is 0 Å². The second-order valence-corrected chi connectivity index (χ2v) is 6.84. The third-order valence-electron chi connectivity index (χ3n) is 3.59. The lowest BCUT2D eigenvalue weighted by Crippen LogP contribution is -2.40. The third kappa shape index (κ3) is 6.42. The summed E-state index contributed by atoms with van der Waals surface area (Å²) in [7, 11) is 0. The van der Waals surface area contributed by atoms with Crippen molar-refractivity contribution < 1.29 is 4.74 Å². The lowest BCUT2D eigenvalue weighted by Gasteiger charge is -2.39. The molecule has 0 aromatic rings. The number of rotatable bonds is 6. The van der Waals surface area contributed by atoms with Gasteiger partial charge in [0.1, 0.15) is 0 Å². The zero-order valence-electron chi connectivity index (χ0n) is 12.4. The summed E-state index contributed by atoms with van der Waals surface area (Å²) in [4.78, 5) is 0. The Balaban J connectivity index is 2.14. The van der Waals surface area contributed by atoms with Crippen LogP contribution in [0.4, 0.5) is 0 Å². The molecule has 1 rings (SSSR count). The molecular weight excluding hydrogens is 210 g/mol. The van der Waals surface area contributed by atoms with Gasteiger partial charge in [-0.3, -0.25) is 0 Å². The Morgan fingerprint density at radius 1 is 1.29 bits per heavy atom. The third-order valence-corrected chi connectivity index (χ3v) is 3.59. The van der Waals surface area contributed by atoms with E-state index < -0.39 is 0 Å². The fourth-order valence-corrected chi connectivity index (χ4v) is 3.20. The molecule has 1 fully saturated rings. The van der Waals surface area contributed by atoms with Crippen LogP contribution in [0.1, 0.15) is 60.3 Å². The monoisotopic (exact) mass is 241 g/mol. The molecule has 0 radical (unpaired) electrons. The molecule has 2 nitrogen and oxygen atoms in total. The van der Waals surface area contributed by atoms with E-state index in [9.17, 15) is 0 Å². The average molecular weight is 241 g/mol. The van der Waals surface area contributed by atoms with E-state index in [1.54, 1.807) is 0 Å². The predicted molar refractivity (Wildman–Crippen MR) is 74.3 cm³/mol. The Kier molecular flexibility index (Phi) is 5.94. The molecule has 0 aromatic heterocycles. The van der Waals surface area contributed by atoms with Crippen molar-refractivity contribution in [2.24, 2.45) is 11.3 Å². The summed E-state index contributed by atoms with van der Waals surface area (Å²) in [5.41, 5.74) is 0.518. The molecule has 2 heteroatoms. The molecule has 0 spiro atoms. The van der Waals surface area contributed by atoms with Gasteiger partial charge in [0.2, 0.25) is 0 Å². The summed E-state index contributed by atoms with van der Waals surface area (Å²) < 4.78 is 5.55. The zero-order chi connectivity index (χ0) is 12.9. The van der Waals surface area contributed by atoms with Crippen LogP contribution in [0.3, 0.4) is 0 Å². The van der Waals surface area contributed by atoms with Gasteiger partial charge >= 0.3 is 0 Å². The van der Waals surface area contributed by atoms with Crippen molar-refractivity contribution in [3.8, 4) is 0 Å². The molecule has 0 aliphatic heterocycles. The molecule has 1 aliphatic carbocycles. The van der Waals surface area contributed by atoms with Crippen LogP contribution in [-0.4, -0.2) is 25.3 Å². The Morgan fingerprint density at radius 3 is 2.59 bits per heavy atom. The fraction of sp³-hybridized carbons (Fsp3) is 1.00. The zero-order valence-corrected chi connectivity index (χ0v) is 12.4. The Morgan fingerprint density at radius 2 is 2.00 bits per heavy atom. The van der Waals surface area contributed by atoms with Crippen molar-refractivity contribution in [3.05, 3.63) is 0 Å². The molecule has 0 saturated heterocycles. The first kappa shape index (κ1) is 15.0. The maximum Gasteiger partial charge on any atom is 0.0518 e. The van der Waals surface area contributed by atoms with Crippen LogP contribution in [0.15, 0.2) is 0 Å². The van der Waals surface area contributed by atoms with Gasteiger partial charge in [-0.2, -0.15) is 0 Å². The molecule has 1 saturated carbocycles. The summed E-state index contributed by atoms with van der Waals surface area (Å²) in [5.74, 6) is 0.864. The first-order valence-corrected chi connectivity index (χ1v) is 7.24. The van der Waals surface area contributed by atoms with Gasteiger partial charge in [0.25, 0.3) is 0 Å². The van der Waals surface area contributed by atoms with E-state index in [1.165, 1.54) is 19.3 Å². The Bertz CT molecular complexity index is 213. The van der Waals surface area contributed by atoms with Gasteiger partial charge < -0.3 is 10.1 Å². The van der Waals surface area contributed by atoms with Crippen molar-refractivity contribution in [1.82, 2.24) is 5.32 Å². The highest BCUT2D eigenvalue weighted by Crippen LogP contribution is 2.38. The lowest BCUT2D eigenvalue weighted by molar-refractivity contribution is 0.0752. The minimum absolute atomic E-state index is 0.364. The van der Waals surface area contributed by atoms with Gasteiger partial charge in [-0.05, 0) is 57.4 Å². The van der Waals surface area contributed by atoms with E-state index >= 15 is 0 Å². The molecule has 2 unspecified atom stereocenters. The second kappa shape index (κ2) is 6.75. The van der Waals surface area contributed by atoms with E-state index in [2.05, 4.69) is 39.9 Å². The number of hydrogen-bond acceptors (Lipinski definition) is 2. The summed E-state index contributed by atoms with van der Waals surface area (Å²) in [6.45, 7) is 13.4. The molecule has 0 heterocycles. The molecule has 0 aromatic carbocycles. The lowest BCUT2D eigenvalue weighted by atomic mass is 9.70. The van der Waals surface area contributed by atoms with Gasteiger partial charge in [-0.1, -0.05) is 20.8 Å². The van der Waals surface area contributed by atoms with Crippen LogP contribution >= 0.6 is 0 Å². The minimum atomic E-state index is 0.364. The van der Waals surface area contributed by atoms with Crippen molar-refractivity contribution >= 4 is 0 Å². The standard InChI is InChI=1S/C15H31NO/c1-12(2)17-8-6-7-16-14-9-13(3)10-15(4,5)11-14/h12-14,16H,6-11H2,1-5H3. The summed E-state index contributed by atoms with van der Waals surface area (Å²) in [6, 6.07) is 0.716. The van der Waals surface area contributed by atoms with Crippen molar-refractivity contribution in [2.45, 2.75) is 72.4 Å². The van der Waals surface area contributed by atoms with E-state index in [-0.39, 0.29) is 0 Å². The highest BCUT2D eigenvalue weighted by Gasteiger charge is 2.31. The van der Waals surface area contributed by atoms with E-state index in [0.717, 1.165) is 25.5 Å². The van der Waals surface area contributed by atoms with Crippen LogP contribution < -0.4 is 5.32 Å². The molecule has 17 heavy (non-hydrogen) atoms. The Labute approximate surface area is 108 Å². The van der Waals surface area contributed by atoms with Crippen LogP contribution in [0.2, 0.25) is 0 Å². The molecule has 2 atom stereocenters. The smallest absolute Gasteiger partial charge is 0.0518 e. The topological polar surface area (TPSA) is 21.3 Å². The number of ether oxygens (including phenoxy) is 1. The SMILES string of the molecule is CC1CC(NCCCOC(C)C)CC(C)(C)C1. The fourth-order valence-electron chi connectivity index (χ4n) is 3.20. The molecule has 1 aliphatic rings. The van der Waals surface area contributed by atoms with Gasteiger partial charge in [0.15, 0.2) is 0 Å². The molecule has 1 N–H and O–H groups in total. The molecule has 0 bridgehead atoms. The van der Waals surface area contributed by atoms with Gasteiger partial charge in [-0.15, -0.1) is 0 Å². The maximum absolute atomic E-state index is 5.55. The minimum Gasteiger partial charge on any atom is -0.379 e. The van der Waals surface area contributed by atoms with Crippen LogP contribution in [0.5, 0.6) is 0 Å². The highest BCUT2D eigenvalue weighted by molar-refractivity contribution is 4.86. The van der Waals surface area contributed by atoms with Gasteiger partial charge in [0, 0.05) is 12.6 Å². The molecule has 102 valence electrons. The summed E-state index contributed by atoms with van der Waals surface area (Å²) in [5, 5.41) is 3.70. The van der Waals surface area contributed by atoms with Crippen LogP contribution in [0.25, 0.3) is 0 Å². The summed E-state index contributed by atoms with van der Waals surface area (Å²) >= 11 is 0. The van der Waals surface area contributed by atoms with E-state index in [1.807, 2.05) is 0 Å².